The monoisotopic (exact) mass is 350 g/mol. The van der Waals surface area contributed by atoms with Crippen molar-refractivity contribution in [1.82, 2.24) is 5.32 Å². The summed E-state index contributed by atoms with van der Waals surface area (Å²) >= 11 is 5.72. The highest BCUT2D eigenvalue weighted by atomic mass is 35.5. The normalized spacial score (nSPS) is 10.1. The van der Waals surface area contributed by atoms with Crippen molar-refractivity contribution >= 4 is 23.2 Å². The summed E-state index contributed by atoms with van der Waals surface area (Å²) in [7, 11) is 1.55. The first-order valence-electron chi connectivity index (χ1n) is 6.96. The number of nitro benzene ring substituents is 1. The van der Waals surface area contributed by atoms with Crippen molar-refractivity contribution in [2.24, 2.45) is 0 Å². The van der Waals surface area contributed by atoms with E-state index in [0.717, 1.165) is 5.56 Å². The number of nitro groups is 1. The molecule has 0 saturated heterocycles. The van der Waals surface area contributed by atoms with Crippen LogP contribution < -0.4 is 14.8 Å². The first-order valence-corrected chi connectivity index (χ1v) is 7.34. The Balaban J connectivity index is 1.93. The van der Waals surface area contributed by atoms with Gasteiger partial charge in [0.1, 0.15) is 5.75 Å². The van der Waals surface area contributed by atoms with Gasteiger partial charge < -0.3 is 14.8 Å². The number of nitrogens with one attached hydrogen (secondary N) is 1. The number of rotatable bonds is 7. The number of ether oxygens (including phenoxy) is 2. The van der Waals surface area contributed by atoms with Crippen molar-refractivity contribution in [1.29, 1.82) is 0 Å². The lowest BCUT2D eigenvalue weighted by Gasteiger charge is -2.10. The molecule has 1 N–H and O–H groups in total. The number of benzene rings is 2. The summed E-state index contributed by atoms with van der Waals surface area (Å²) in [5.41, 5.74) is 0.519. The summed E-state index contributed by atoms with van der Waals surface area (Å²) in [6.45, 7) is -0.0907. The number of amides is 1. The maximum absolute atomic E-state index is 11.9. The van der Waals surface area contributed by atoms with Crippen LogP contribution in [0.3, 0.4) is 0 Å². The molecule has 0 aromatic heterocycles. The summed E-state index contributed by atoms with van der Waals surface area (Å²) in [6, 6.07) is 11.2. The smallest absolute Gasteiger partial charge is 0.312 e. The molecular weight excluding hydrogens is 336 g/mol. The SMILES string of the molecule is COc1ccccc1CNC(=O)COc1ccc(Cl)cc1[N+](=O)[O-]. The molecule has 2 aromatic carbocycles. The lowest BCUT2D eigenvalue weighted by atomic mass is 10.2. The molecule has 0 aliphatic carbocycles. The Labute approximate surface area is 143 Å². The zero-order valence-electron chi connectivity index (χ0n) is 12.8. The lowest BCUT2D eigenvalue weighted by molar-refractivity contribution is -0.385. The summed E-state index contributed by atoms with van der Waals surface area (Å²) in [4.78, 5) is 22.2. The number of hydrogen-bond acceptors (Lipinski definition) is 5. The topological polar surface area (TPSA) is 90.7 Å². The first-order chi connectivity index (χ1) is 11.5. The van der Waals surface area contributed by atoms with Gasteiger partial charge in [-0.15, -0.1) is 0 Å². The Hall–Kier alpha value is -2.80. The second kappa shape index (κ2) is 8.16. The number of methoxy groups -OCH3 is 1. The zero-order valence-corrected chi connectivity index (χ0v) is 13.6. The predicted octanol–water partition coefficient (Wildman–Crippen LogP) is 2.95. The highest BCUT2D eigenvalue weighted by Gasteiger charge is 2.16. The van der Waals surface area contributed by atoms with Crippen LogP contribution in [0.4, 0.5) is 5.69 Å². The maximum atomic E-state index is 11.9. The van der Waals surface area contributed by atoms with Crippen molar-refractivity contribution in [3.63, 3.8) is 0 Å². The molecule has 0 fully saturated rings. The number of para-hydroxylation sites is 1. The molecule has 0 radical (unpaired) electrons. The fourth-order valence-corrected chi connectivity index (χ4v) is 2.16. The minimum Gasteiger partial charge on any atom is -0.496 e. The third kappa shape index (κ3) is 4.60. The number of carbonyl (C=O) groups excluding carboxylic acids is 1. The maximum Gasteiger partial charge on any atom is 0.312 e. The van der Waals surface area contributed by atoms with Gasteiger partial charge in [-0.25, -0.2) is 0 Å². The van der Waals surface area contributed by atoms with E-state index in [0.29, 0.717) is 5.75 Å². The van der Waals surface area contributed by atoms with Crippen LogP contribution in [0.25, 0.3) is 0 Å². The molecule has 0 heterocycles. The van der Waals surface area contributed by atoms with Crippen LogP contribution in [0.2, 0.25) is 5.02 Å². The number of hydrogen-bond donors (Lipinski definition) is 1. The molecule has 0 atom stereocenters. The van der Waals surface area contributed by atoms with Gasteiger partial charge in [0.25, 0.3) is 5.91 Å². The van der Waals surface area contributed by atoms with Crippen molar-refractivity contribution < 1.29 is 19.2 Å². The van der Waals surface area contributed by atoms with E-state index in [1.807, 2.05) is 18.2 Å². The van der Waals surface area contributed by atoms with Crippen LogP contribution in [0, 0.1) is 10.1 Å². The lowest BCUT2D eigenvalue weighted by Crippen LogP contribution is -2.28. The Kier molecular flexibility index (Phi) is 5.97. The van der Waals surface area contributed by atoms with Gasteiger partial charge in [-0.2, -0.15) is 0 Å². The van der Waals surface area contributed by atoms with E-state index < -0.39 is 10.8 Å². The minimum absolute atomic E-state index is 0.0168. The standard InChI is InChI=1S/C16H15ClN2O5/c1-23-14-5-3-2-4-11(14)9-18-16(20)10-24-15-7-6-12(17)8-13(15)19(21)22/h2-8H,9-10H2,1H3,(H,18,20). The molecule has 0 unspecified atom stereocenters. The van der Waals surface area contributed by atoms with E-state index in [1.165, 1.54) is 18.2 Å². The quantitative estimate of drug-likeness (QED) is 0.612. The van der Waals surface area contributed by atoms with Crippen LogP contribution in [-0.4, -0.2) is 24.5 Å². The first kappa shape index (κ1) is 17.6. The number of halogens is 1. The molecule has 1 amide bonds. The summed E-state index contributed by atoms with van der Waals surface area (Å²) in [5, 5.41) is 13.8. The fraction of sp³-hybridized carbons (Fsp3) is 0.188. The molecule has 2 aromatic rings. The molecule has 7 nitrogen and oxygen atoms in total. The average molecular weight is 351 g/mol. The molecule has 0 bridgehead atoms. The van der Waals surface area contributed by atoms with Crippen molar-refractivity contribution in [2.75, 3.05) is 13.7 Å². The van der Waals surface area contributed by atoms with Gasteiger partial charge in [0, 0.05) is 23.2 Å². The van der Waals surface area contributed by atoms with Crippen LogP contribution in [0.15, 0.2) is 42.5 Å². The van der Waals surface area contributed by atoms with Gasteiger partial charge in [0.2, 0.25) is 0 Å². The molecule has 0 aliphatic heterocycles. The van der Waals surface area contributed by atoms with E-state index in [2.05, 4.69) is 5.32 Å². The van der Waals surface area contributed by atoms with Crippen LogP contribution in [0.1, 0.15) is 5.56 Å². The Morgan fingerprint density at radius 2 is 2.00 bits per heavy atom. The third-order valence-corrected chi connectivity index (χ3v) is 3.38. The molecule has 0 saturated carbocycles. The molecule has 0 spiro atoms. The van der Waals surface area contributed by atoms with Gasteiger partial charge >= 0.3 is 5.69 Å². The zero-order chi connectivity index (χ0) is 17.5. The largest absolute Gasteiger partial charge is 0.496 e. The van der Waals surface area contributed by atoms with Crippen molar-refractivity contribution in [3.05, 3.63) is 63.2 Å². The van der Waals surface area contributed by atoms with Crippen LogP contribution in [-0.2, 0) is 11.3 Å². The minimum atomic E-state index is -0.617. The molecule has 0 aliphatic rings. The van der Waals surface area contributed by atoms with Crippen molar-refractivity contribution in [3.8, 4) is 11.5 Å². The fourth-order valence-electron chi connectivity index (χ4n) is 1.99. The molecular formula is C16H15ClN2O5. The van der Waals surface area contributed by atoms with E-state index in [4.69, 9.17) is 21.1 Å². The van der Waals surface area contributed by atoms with E-state index in [9.17, 15) is 14.9 Å². The highest BCUT2D eigenvalue weighted by Crippen LogP contribution is 2.29. The third-order valence-electron chi connectivity index (χ3n) is 3.14. The molecule has 8 heteroatoms. The number of nitrogens with zero attached hydrogens (tertiary/aromatic N) is 1. The Morgan fingerprint density at radius 3 is 2.71 bits per heavy atom. The summed E-state index contributed by atoms with van der Waals surface area (Å²) < 4.78 is 10.4. The van der Waals surface area contributed by atoms with E-state index in [1.54, 1.807) is 13.2 Å². The predicted molar refractivity (Wildman–Crippen MR) is 88.4 cm³/mol. The highest BCUT2D eigenvalue weighted by molar-refractivity contribution is 6.30. The summed E-state index contributed by atoms with van der Waals surface area (Å²) in [5.74, 6) is 0.231. The van der Waals surface area contributed by atoms with Crippen LogP contribution >= 0.6 is 11.6 Å². The molecule has 2 rings (SSSR count). The summed E-state index contributed by atoms with van der Waals surface area (Å²) in [6.07, 6.45) is 0. The number of carbonyl (C=O) groups is 1. The average Bonchev–Trinajstić information content (AvgIpc) is 2.58. The van der Waals surface area contributed by atoms with E-state index in [-0.39, 0.29) is 29.6 Å². The van der Waals surface area contributed by atoms with Gasteiger partial charge in [0.05, 0.1) is 12.0 Å². The Morgan fingerprint density at radius 1 is 1.25 bits per heavy atom. The second-order valence-electron chi connectivity index (χ2n) is 4.75. The van der Waals surface area contributed by atoms with Crippen molar-refractivity contribution in [2.45, 2.75) is 6.54 Å². The van der Waals surface area contributed by atoms with Gasteiger partial charge in [-0.05, 0) is 18.2 Å². The molecule has 24 heavy (non-hydrogen) atoms. The molecule has 126 valence electrons. The second-order valence-corrected chi connectivity index (χ2v) is 5.18. The van der Waals surface area contributed by atoms with E-state index >= 15 is 0 Å². The van der Waals surface area contributed by atoms with Gasteiger partial charge in [-0.1, -0.05) is 29.8 Å². The van der Waals surface area contributed by atoms with Crippen LogP contribution in [0.5, 0.6) is 11.5 Å². The van der Waals surface area contributed by atoms with Gasteiger partial charge in [-0.3, -0.25) is 14.9 Å². The Bertz CT molecular complexity index is 751. The van der Waals surface area contributed by atoms with Gasteiger partial charge in [0.15, 0.2) is 12.4 Å².